The number of aromatic nitrogens is 1. The number of esters is 1. The molecular weight excluding hydrogens is 214 g/mol. The molecule has 0 fully saturated rings. The van der Waals surface area contributed by atoms with Crippen LogP contribution in [0.2, 0.25) is 0 Å². The van der Waals surface area contributed by atoms with Crippen molar-refractivity contribution in [3.63, 3.8) is 0 Å². The number of carbonyl (C=O) groups is 1. The molecule has 0 amide bonds. The maximum absolute atomic E-state index is 11.6. The van der Waals surface area contributed by atoms with Gasteiger partial charge in [-0.05, 0) is 37.0 Å². The number of fused-ring (bicyclic) bond motifs is 1. The summed E-state index contributed by atoms with van der Waals surface area (Å²) >= 11 is 0. The Kier molecular flexibility index (Phi) is 3.27. The Morgan fingerprint density at radius 1 is 1.53 bits per heavy atom. The van der Waals surface area contributed by atoms with E-state index in [-0.39, 0.29) is 11.9 Å². The molecule has 17 heavy (non-hydrogen) atoms. The van der Waals surface area contributed by atoms with Gasteiger partial charge in [0.2, 0.25) is 0 Å². The average Bonchev–Trinajstić information content (AvgIpc) is 2.48. The van der Waals surface area contributed by atoms with Crippen molar-refractivity contribution in [1.29, 1.82) is 0 Å². The Hall–Kier alpha value is -1.64. The fourth-order valence-electron chi connectivity index (χ4n) is 2.27. The van der Waals surface area contributed by atoms with Crippen molar-refractivity contribution in [1.82, 2.24) is 4.98 Å². The number of aryl methyl sites for hydroxylation is 1. The highest BCUT2D eigenvalue weighted by Gasteiger charge is 2.25. The monoisotopic (exact) mass is 231 g/mol. The minimum absolute atomic E-state index is 0.0905. The molecule has 1 aliphatic carbocycles. The Morgan fingerprint density at radius 3 is 3.00 bits per heavy atom. The molecule has 1 aromatic heterocycles. The highest BCUT2D eigenvalue weighted by Crippen LogP contribution is 2.30. The normalized spacial score (nSPS) is 19.4. The van der Waals surface area contributed by atoms with E-state index in [2.05, 4.69) is 17.6 Å². The molecule has 2 rings (SSSR count). The van der Waals surface area contributed by atoms with E-state index >= 15 is 0 Å². The van der Waals surface area contributed by atoms with Crippen LogP contribution < -0.4 is 0 Å². The smallest absolute Gasteiger partial charge is 0.309 e. The Balaban J connectivity index is 2.36. The van der Waals surface area contributed by atoms with E-state index in [0.29, 0.717) is 6.42 Å². The summed E-state index contributed by atoms with van der Waals surface area (Å²) in [5.41, 5.74) is 4.12. The summed E-state index contributed by atoms with van der Waals surface area (Å²) in [4.78, 5) is 16.2. The predicted molar refractivity (Wildman–Crippen MR) is 66.5 cm³/mol. The van der Waals surface area contributed by atoms with Crippen LogP contribution >= 0.6 is 0 Å². The molecule has 0 N–H and O–H groups in total. The van der Waals surface area contributed by atoms with E-state index < -0.39 is 0 Å². The quantitative estimate of drug-likeness (QED) is 0.550. The van der Waals surface area contributed by atoms with Crippen LogP contribution in [-0.2, 0) is 16.0 Å². The first-order valence-corrected chi connectivity index (χ1v) is 5.84. The van der Waals surface area contributed by atoms with Crippen LogP contribution in [0.1, 0.15) is 29.8 Å². The van der Waals surface area contributed by atoms with E-state index in [1.807, 2.05) is 13.0 Å². The topological polar surface area (TPSA) is 39.2 Å². The largest absolute Gasteiger partial charge is 0.469 e. The molecule has 1 aliphatic rings. The highest BCUT2D eigenvalue weighted by atomic mass is 16.5. The molecular formula is C14H17NO2. The molecule has 1 heterocycles. The highest BCUT2D eigenvalue weighted by molar-refractivity contribution is 5.75. The van der Waals surface area contributed by atoms with Crippen LogP contribution in [0.4, 0.5) is 0 Å². The molecule has 1 aromatic rings. The van der Waals surface area contributed by atoms with Gasteiger partial charge in [0.1, 0.15) is 0 Å². The predicted octanol–water partition coefficient (Wildman–Crippen LogP) is 2.53. The molecule has 3 nitrogen and oxygen atoms in total. The Labute approximate surface area is 102 Å². The average molecular weight is 231 g/mol. The van der Waals surface area contributed by atoms with Gasteiger partial charge in [0.25, 0.3) is 0 Å². The molecule has 1 atom stereocenters. The van der Waals surface area contributed by atoms with Gasteiger partial charge in [-0.2, -0.15) is 0 Å². The third kappa shape index (κ3) is 2.38. The fraction of sp³-hybridized carbons (Fsp3) is 0.429. The molecule has 0 radical (unpaired) electrons. The van der Waals surface area contributed by atoms with Gasteiger partial charge in [0, 0.05) is 17.8 Å². The summed E-state index contributed by atoms with van der Waals surface area (Å²) in [6, 6.07) is 4.04. The molecule has 0 bridgehead atoms. The standard InChI is InChI=1S/C14H17NO2/c1-9-4-6-11(14(16)17-3)8-13-12(9)7-5-10(2)15-13/h5,7,11H,1,4,6,8H2,2-3H3/t11-/m1/s1. The zero-order valence-corrected chi connectivity index (χ0v) is 10.3. The first-order valence-electron chi connectivity index (χ1n) is 5.84. The summed E-state index contributed by atoms with van der Waals surface area (Å²) in [5, 5.41) is 0. The summed E-state index contributed by atoms with van der Waals surface area (Å²) < 4.78 is 4.83. The lowest BCUT2D eigenvalue weighted by atomic mass is 10.00. The Morgan fingerprint density at radius 2 is 2.29 bits per heavy atom. The summed E-state index contributed by atoms with van der Waals surface area (Å²) in [6.45, 7) is 6.03. The molecule has 3 heteroatoms. The third-order valence-electron chi connectivity index (χ3n) is 3.26. The zero-order valence-electron chi connectivity index (χ0n) is 10.3. The lowest BCUT2D eigenvalue weighted by Gasteiger charge is -2.11. The second kappa shape index (κ2) is 4.70. The molecule has 0 aliphatic heterocycles. The van der Waals surface area contributed by atoms with Gasteiger partial charge in [0.15, 0.2) is 0 Å². The lowest BCUT2D eigenvalue weighted by Crippen LogP contribution is -2.18. The van der Waals surface area contributed by atoms with Gasteiger partial charge >= 0.3 is 5.97 Å². The van der Waals surface area contributed by atoms with Crippen LogP contribution in [0.3, 0.4) is 0 Å². The van der Waals surface area contributed by atoms with Gasteiger partial charge in [0.05, 0.1) is 13.0 Å². The van der Waals surface area contributed by atoms with Gasteiger partial charge in [-0.3, -0.25) is 9.78 Å². The number of rotatable bonds is 1. The second-order valence-electron chi connectivity index (χ2n) is 4.51. The number of carbonyl (C=O) groups excluding carboxylic acids is 1. The number of allylic oxidation sites excluding steroid dienone is 1. The lowest BCUT2D eigenvalue weighted by molar-refractivity contribution is -0.145. The van der Waals surface area contributed by atoms with Crippen LogP contribution in [0.25, 0.3) is 5.57 Å². The van der Waals surface area contributed by atoms with Crippen molar-refractivity contribution in [3.05, 3.63) is 35.7 Å². The number of pyridine rings is 1. The van der Waals surface area contributed by atoms with Crippen molar-refractivity contribution < 1.29 is 9.53 Å². The Bertz CT molecular complexity index is 465. The van der Waals surface area contributed by atoms with Gasteiger partial charge in [-0.25, -0.2) is 0 Å². The number of methoxy groups -OCH3 is 1. The number of ether oxygens (including phenoxy) is 1. The summed E-state index contributed by atoms with van der Waals surface area (Å²) in [5.74, 6) is -0.235. The van der Waals surface area contributed by atoms with Gasteiger partial charge in [-0.15, -0.1) is 0 Å². The molecule has 0 unspecified atom stereocenters. The summed E-state index contributed by atoms with van der Waals surface area (Å²) in [6.07, 6.45) is 2.28. The minimum atomic E-state index is -0.144. The van der Waals surface area contributed by atoms with E-state index in [4.69, 9.17) is 4.74 Å². The molecule has 90 valence electrons. The van der Waals surface area contributed by atoms with Crippen molar-refractivity contribution >= 4 is 11.5 Å². The number of nitrogens with zero attached hydrogens (tertiary/aromatic N) is 1. The number of hydrogen-bond donors (Lipinski definition) is 0. The first kappa shape index (κ1) is 11.8. The number of hydrogen-bond acceptors (Lipinski definition) is 3. The summed E-state index contributed by atoms with van der Waals surface area (Å²) in [7, 11) is 1.44. The van der Waals surface area contributed by atoms with Crippen LogP contribution in [0, 0.1) is 12.8 Å². The van der Waals surface area contributed by atoms with E-state index in [1.165, 1.54) is 7.11 Å². The first-order chi connectivity index (χ1) is 8.11. The molecule has 0 spiro atoms. The van der Waals surface area contributed by atoms with Crippen LogP contribution in [0.15, 0.2) is 18.7 Å². The van der Waals surface area contributed by atoms with Crippen LogP contribution in [0.5, 0.6) is 0 Å². The molecule has 0 saturated carbocycles. The second-order valence-corrected chi connectivity index (χ2v) is 4.51. The van der Waals surface area contributed by atoms with E-state index in [0.717, 1.165) is 35.4 Å². The third-order valence-corrected chi connectivity index (χ3v) is 3.26. The maximum Gasteiger partial charge on any atom is 0.309 e. The van der Waals surface area contributed by atoms with Crippen LogP contribution in [-0.4, -0.2) is 18.1 Å². The van der Waals surface area contributed by atoms with E-state index in [9.17, 15) is 4.79 Å². The zero-order chi connectivity index (χ0) is 12.4. The van der Waals surface area contributed by atoms with Crippen molar-refractivity contribution in [2.75, 3.05) is 7.11 Å². The van der Waals surface area contributed by atoms with Crippen molar-refractivity contribution in [2.24, 2.45) is 5.92 Å². The van der Waals surface area contributed by atoms with Crippen molar-refractivity contribution in [2.45, 2.75) is 26.2 Å². The van der Waals surface area contributed by atoms with Gasteiger partial charge in [-0.1, -0.05) is 12.6 Å². The maximum atomic E-state index is 11.6. The van der Waals surface area contributed by atoms with E-state index in [1.54, 1.807) is 0 Å². The van der Waals surface area contributed by atoms with Crippen molar-refractivity contribution in [3.8, 4) is 0 Å². The SMILES string of the molecule is C=C1CC[C@@H](C(=O)OC)Cc2nc(C)ccc21. The molecule has 0 aromatic carbocycles. The molecule has 0 saturated heterocycles. The fourth-order valence-corrected chi connectivity index (χ4v) is 2.27. The van der Waals surface area contributed by atoms with Gasteiger partial charge < -0.3 is 4.74 Å². The minimum Gasteiger partial charge on any atom is -0.469 e.